The summed E-state index contributed by atoms with van der Waals surface area (Å²) in [6, 6.07) is 18.6. The summed E-state index contributed by atoms with van der Waals surface area (Å²) in [6.45, 7) is 6.47. The van der Waals surface area contributed by atoms with Crippen molar-refractivity contribution in [1.82, 2.24) is 4.90 Å². The summed E-state index contributed by atoms with van der Waals surface area (Å²) in [7, 11) is 0. The summed E-state index contributed by atoms with van der Waals surface area (Å²) >= 11 is 0. The number of carbonyl (C=O) groups is 1. The molecule has 3 aromatic carbocycles. The van der Waals surface area contributed by atoms with Gasteiger partial charge < -0.3 is 0 Å². The molecule has 0 aliphatic rings. The zero-order valence-corrected chi connectivity index (χ0v) is 13.2. The van der Waals surface area contributed by atoms with E-state index in [1.54, 1.807) is 0 Å². The Hall–Kier alpha value is -2.19. The van der Waals surface area contributed by atoms with Gasteiger partial charge in [0.25, 0.3) is 0 Å². The number of Topliss-reactive ketones (excluding diaryl/α,β-unsaturated/α-hetero) is 1. The minimum absolute atomic E-state index is 0.193. The molecule has 0 heterocycles. The maximum Gasteiger partial charge on any atom is 0.176 e. The summed E-state index contributed by atoms with van der Waals surface area (Å²) in [5.74, 6) is 0.193. The van der Waals surface area contributed by atoms with Gasteiger partial charge in [-0.25, -0.2) is 0 Å². The molecule has 0 radical (unpaired) electrons. The van der Waals surface area contributed by atoms with E-state index in [-0.39, 0.29) is 5.78 Å². The number of fused-ring (bicyclic) bond motifs is 3. The van der Waals surface area contributed by atoms with Crippen molar-refractivity contribution in [3.8, 4) is 0 Å². The first-order valence-electron chi connectivity index (χ1n) is 7.90. The molecular weight excluding hydrogens is 270 g/mol. The Labute approximate surface area is 131 Å². The van der Waals surface area contributed by atoms with Crippen LogP contribution in [0.25, 0.3) is 21.5 Å². The van der Waals surface area contributed by atoms with Crippen LogP contribution in [-0.2, 0) is 0 Å². The third-order valence-electron chi connectivity index (χ3n) is 4.33. The minimum Gasteiger partial charge on any atom is -0.296 e. The molecule has 0 aromatic heterocycles. The fraction of sp³-hybridized carbons (Fsp3) is 0.250. The summed E-state index contributed by atoms with van der Waals surface area (Å²) in [5, 5.41) is 4.81. The molecule has 0 aliphatic carbocycles. The molecular formula is C20H21NO. The van der Waals surface area contributed by atoms with Crippen LogP contribution in [0.4, 0.5) is 0 Å². The van der Waals surface area contributed by atoms with Crippen molar-refractivity contribution >= 4 is 27.3 Å². The predicted molar refractivity (Wildman–Crippen MR) is 93.6 cm³/mol. The fourth-order valence-electron chi connectivity index (χ4n) is 2.93. The molecule has 0 unspecified atom stereocenters. The molecule has 0 amide bonds. The second-order valence-electron chi connectivity index (χ2n) is 5.61. The van der Waals surface area contributed by atoms with E-state index in [9.17, 15) is 4.79 Å². The number of ketones is 1. The summed E-state index contributed by atoms with van der Waals surface area (Å²) in [6.07, 6.45) is 0. The third-order valence-corrected chi connectivity index (χ3v) is 4.33. The van der Waals surface area contributed by atoms with Crippen molar-refractivity contribution in [3.63, 3.8) is 0 Å². The molecule has 0 aliphatic heterocycles. The van der Waals surface area contributed by atoms with E-state index in [4.69, 9.17) is 0 Å². The van der Waals surface area contributed by atoms with Crippen molar-refractivity contribution in [2.75, 3.05) is 19.6 Å². The van der Waals surface area contributed by atoms with Gasteiger partial charge in [0.15, 0.2) is 5.78 Å². The van der Waals surface area contributed by atoms with Gasteiger partial charge in [-0.05, 0) is 40.7 Å². The third kappa shape index (κ3) is 2.75. The van der Waals surface area contributed by atoms with E-state index in [0.29, 0.717) is 6.54 Å². The normalized spacial score (nSPS) is 11.4. The number of hydrogen-bond acceptors (Lipinski definition) is 2. The number of carbonyl (C=O) groups excluding carboxylic acids is 1. The van der Waals surface area contributed by atoms with Crippen LogP contribution < -0.4 is 0 Å². The van der Waals surface area contributed by atoms with Gasteiger partial charge in [0.05, 0.1) is 6.54 Å². The van der Waals surface area contributed by atoms with Gasteiger partial charge in [0, 0.05) is 5.56 Å². The second kappa shape index (κ2) is 6.29. The van der Waals surface area contributed by atoms with E-state index in [1.807, 2.05) is 12.1 Å². The topological polar surface area (TPSA) is 20.3 Å². The second-order valence-corrected chi connectivity index (χ2v) is 5.61. The molecule has 0 bridgehead atoms. The van der Waals surface area contributed by atoms with Gasteiger partial charge in [-0.2, -0.15) is 0 Å². The lowest BCUT2D eigenvalue weighted by molar-refractivity contribution is 0.0937. The molecule has 0 spiro atoms. The molecule has 112 valence electrons. The fourth-order valence-corrected chi connectivity index (χ4v) is 2.93. The highest BCUT2D eigenvalue weighted by atomic mass is 16.1. The molecule has 22 heavy (non-hydrogen) atoms. The molecule has 0 N–H and O–H groups in total. The molecule has 3 rings (SSSR count). The van der Waals surface area contributed by atoms with Gasteiger partial charge in [0.2, 0.25) is 0 Å². The Morgan fingerprint density at radius 2 is 1.55 bits per heavy atom. The van der Waals surface area contributed by atoms with Crippen LogP contribution >= 0.6 is 0 Å². The van der Waals surface area contributed by atoms with E-state index in [0.717, 1.165) is 24.0 Å². The highest BCUT2D eigenvalue weighted by Gasteiger charge is 2.11. The lowest BCUT2D eigenvalue weighted by atomic mass is 9.99. The minimum atomic E-state index is 0.193. The number of nitrogens with zero attached hydrogens (tertiary/aromatic N) is 1. The quantitative estimate of drug-likeness (QED) is 0.509. The van der Waals surface area contributed by atoms with Crippen LogP contribution in [0.1, 0.15) is 24.2 Å². The standard InChI is InChI=1S/C20H21NO/c1-3-21(4-2)14-20(22)17-11-12-19-16(13-17)10-9-15-7-5-6-8-18(15)19/h5-13H,3-4,14H2,1-2H3. The van der Waals surface area contributed by atoms with Crippen molar-refractivity contribution in [3.05, 3.63) is 60.2 Å². The zero-order valence-electron chi connectivity index (χ0n) is 13.2. The first kappa shape index (κ1) is 14.7. The summed E-state index contributed by atoms with van der Waals surface area (Å²) < 4.78 is 0. The van der Waals surface area contributed by atoms with Crippen LogP contribution in [0.2, 0.25) is 0 Å². The van der Waals surface area contributed by atoms with Crippen LogP contribution in [0, 0.1) is 0 Å². The Bertz CT molecular complexity index is 818. The molecule has 0 atom stereocenters. The average molecular weight is 291 g/mol. The largest absolute Gasteiger partial charge is 0.296 e. The van der Waals surface area contributed by atoms with Crippen LogP contribution in [0.5, 0.6) is 0 Å². The lowest BCUT2D eigenvalue weighted by Crippen LogP contribution is -2.29. The maximum atomic E-state index is 12.4. The van der Waals surface area contributed by atoms with Crippen molar-refractivity contribution < 1.29 is 4.79 Å². The SMILES string of the molecule is CCN(CC)CC(=O)c1ccc2c(ccc3ccccc32)c1. The average Bonchev–Trinajstić information content (AvgIpc) is 2.58. The van der Waals surface area contributed by atoms with E-state index >= 15 is 0 Å². The Balaban J connectivity index is 2.00. The van der Waals surface area contributed by atoms with E-state index < -0.39 is 0 Å². The molecule has 2 nitrogen and oxygen atoms in total. The first-order valence-corrected chi connectivity index (χ1v) is 7.90. The van der Waals surface area contributed by atoms with Crippen molar-refractivity contribution in [1.29, 1.82) is 0 Å². The number of hydrogen-bond donors (Lipinski definition) is 0. The van der Waals surface area contributed by atoms with Crippen LogP contribution in [0.3, 0.4) is 0 Å². The van der Waals surface area contributed by atoms with E-state index in [2.05, 4.69) is 61.2 Å². The molecule has 0 saturated carbocycles. The Kier molecular flexibility index (Phi) is 4.21. The van der Waals surface area contributed by atoms with Crippen molar-refractivity contribution in [2.24, 2.45) is 0 Å². The van der Waals surface area contributed by atoms with Gasteiger partial charge in [-0.3, -0.25) is 9.69 Å². The zero-order chi connectivity index (χ0) is 15.5. The highest BCUT2D eigenvalue weighted by molar-refractivity contribution is 6.10. The molecule has 0 saturated heterocycles. The van der Waals surface area contributed by atoms with Gasteiger partial charge in [0.1, 0.15) is 0 Å². The van der Waals surface area contributed by atoms with E-state index in [1.165, 1.54) is 16.2 Å². The Morgan fingerprint density at radius 1 is 0.864 bits per heavy atom. The summed E-state index contributed by atoms with van der Waals surface area (Å²) in [5.41, 5.74) is 0.801. The monoisotopic (exact) mass is 291 g/mol. The summed E-state index contributed by atoms with van der Waals surface area (Å²) in [4.78, 5) is 14.6. The first-order chi connectivity index (χ1) is 10.7. The molecule has 2 heteroatoms. The van der Waals surface area contributed by atoms with Gasteiger partial charge >= 0.3 is 0 Å². The molecule has 0 fully saturated rings. The maximum absolute atomic E-state index is 12.4. The van der Waals surface area contributed by atoms with Gasteiger partial charge in [-0.1, -0.05) is 62.4 Å². The number of likely N-dealkylation sites (N-methyl/N-ethyl adjacent to an activating group) is 1. The van der Waals surface area contributed by atoms with Crippen LogP contribution in [0.15, 0.2) is 54.6 Å². The number of benzene rings is 3. The lowest BCUT2D eigenvalue weighted by Gasteiger charge is -2.17. The molecule has 3 aromatic rings. The number of rotatable bonds is 5. The van der Waals surface area contributed by atoms with Crippen molar-refractivity contribution in [2.45, 2.75) is 13.8 Å². The highest BCUT2D eigenvalue weighted by Crippen LogP contribution is 2.26. The predicted octanol–water partition coefficient (Wildman–Crippen LogP) is 4.52. The van der Waals surface area contributed by atoms with Crippen LogP contribution in [-0.4, -0.2) is 30.3 Å². The van der Waals surface area contributed by atoms with Gasteiger partial charge in [-0.15, -0.1) is 0 Å². The smallest absolute Gasteiger partial charge is 0.176 e. The Morgan fingerprint density at radius 3 is 2.32 bits per heavy atom.